The van der Waals surface area contributed by atoms with Gasteiger partial charge in [-0.05, 0) is 12.8 Å². The summed E-state index contributed by atoms with van der Waals surface area (Å²) < 4.78 is 0. The van der Waals surface area contributed by atoms with Gasteiger partial charge in [0.05, 0.1) is 0 Å². The summed E-state index contributed by atoms with van der Waals surface area (Å²) in [5.74, 6) is 0. The molecule has 4 nitrogen and oxygen atoms in total. The maximum atomic E-state index is 7.50. The van der Waals surface area contributed by atoms with Crippen LogP contribution in [0.15, 0.2) is 48.6 Å². The van der Waals surface area contributed by atoms with E-state index in [1.54, 1.807) is 0 Å². The van der Waals surface area contributed by atoms with Crippen LogP contribution in [0.1, 0.15) is 12.8 Å². The molecule has 0 saturated carbocycles. The normalized spacial score (nSPS) is 10.0. The Bertz CT molecular complexity index is 220. The molecule has 0 atom stereocenters. The van der Waals surface area contributed by atoms with Gasteiger partial charge in [0.2, 0.25) is 0 Å². The second-order valence-electron chi connectivity index (χ2n) is 2.26. The molecule has 2 aliphatic carbocycles. The van der Waals surface area contributed by atoms with Gasteiger partial charge in [-0.25, -0.2) is 0 Å². The molecule has 21 heavy (non-hydrogen) atoms. The SMILES string of the molecule is C1=CCC=C1.C1=CCC=C1.[C]=O.[C]=O.[C]=O.[C]=O.[Fe][SiH][Fe]. The average molecular weight is 385 g/mol. The Balaban J connectivity index is -0.0000000505. The molecule has 7 heteroatoms. The Morgan fingerprint density at radius 3 is 0.762 bits per heavy atom. The van der Waals surface area contributed by atoms with Crippen LogP contribution in [0.5, 0.6) is 0 Å². The van der Waals surface area contributed by atoms with E-state index >= 15 is 0 Å². The summed E-state index contributed by atoms with van der Waals surface area (Å²) in [4.78, 5) is 30.0. The van der Waals surface area contributed by atoms with Crippen LogP contribution in [-0.2, 0) is 49.9 Å². The van der Waals surface area contributed by atoms with Crippen LogP contribution >= 0.6 is 0 Å². The Labute approximate surface area is 145 Å². The predicted octanol–water partition coefficient (Wildman–Crippen LogP) is 0.763. The standard InChI is InChI=1S/2C5H6.4CO.2Fe.HSi/c2*1-2-4-5-3-1;4*1-2;;;/h2*1-4H,5H2;;;;;;;1H. The molecular weight excluding hydrogens is 372 g/mol. The zero-order chi connectivity index (χ0) is 17.8. The molecule has 0 saturated heterocycles. The van der Waals surface area contributed by atoms with Gasteiger partial charge in [0.15, 0.2) is 0 Å². The van der Waals surface area contributed by atoms with E-state index in [0.717, 1.165) is 12.8 Å². The van der Waals surface area contributed by atoms with Crippen molar-refractivity contribution in [2.24, 2.45) is 0 Å². The van der Waals surface area contributed by atoms with Crippen molar-refractivity contribution in [3.05, 3.63) is 48.6 Å². The fourth-order valence-corrected chi connectivity index (χ4v) is 0.786. The summed E-state index contributed by atoms with van der Waals surface area (Å²) in [6.07, 6.45) is 19.0. The van der Waals surface area contributed by atoms with Crippen LogP contribution in [0, 0.1) is 0 Å². The topological polar surface area (TPSA) is 68.3 Å². The molecule has 113 valence electrons. The summed E-state index contributed by atoms with van der Waals surface area (Å²) in [5, 5.41) is 0. The maximum absolute atomic E-state index is 7.50. The predicted molar refractivity (Wildman–Crippen MR) is 75.7 cm³/mol. The quantitative estimate of drug-likeness (QED) is 0.578. The fraction of sp³-hybridized carbons (Fsp3) is 0.143. The zero-order valence-electron chi connectivity index (χ0n) is 11.0. The van der Waals surface area contributed by atoms with Crippen LogP contribution in [0.4, 0.5) is 0 Å². The number of rotatable bonds is 0. The van der Waals surface area contributed by atoms with Gasteiger partial charge in [0.25, 0.3) is 27.2 Å². The molecule has 0 aromatic heterocycles. The average Bonchev–Trinajstić information content (AvgIpc) is 3.33. The summed E-state index contributed by atoms with van der Waals surface area (Å²) >= 11 is 6.92. The Hall–Kier alpha value is -1.10. The van der Waals surface area contributed by atoms with E-state index in [1.165, 1.54) is 0 Å². The third-order valence-corrected chi connectivity index (χ3v) is 1.31. The van der Waals surface area contributed by atoms with Gasteiger partial charge in [0, 0.05) is 0 Å². The van der Waals surface area contributed by atoms with Gasteiger partial charge in [0.1, 0.15) is 0 Å². The molecule has 0 spiro atoms. The van der Waals surface area contributed by atoms with Crippen molar-refractivity contribution in [1.82, 2.24) is 0 Å². The third-order valence-electron chi connectivity index (χ3n) is 1.31. The van der Waals surface area contributed by atoms with E-state index in [0.29, 0.717) is 0 Å². The minimum absolute atomic E-state index is 0.250. The van der Waals surface area contributed by atoms with Crippen LogP contribution < -0.4 is 0 Å². The third kappa shape index (κ3) is 68.2. The summed E-state index contributed by atoms with van der Waals surface area (Å²) in [5.41, 5.74) is 0. The summed E-state index contributed by atoms with van der Waals surface area (Å²) in [6, 6.07) is 0. The molecule has 0 unspecified atom stereocenters. The van der Waals surface area contributed by atoms with E-state index in [4.69, 9.17) is 19.2 Å². The zero-order valence-corrected chi connectivity index (χ0v) is 14.3. The molecular formula is C14H13Fe2O4Si. The molecule has 0 aromatic carbocycles. The van der Waals surface area contributed by atoms with Gasteiger partial charge >= 0.3 is 37.5 Å². The van der Waals surface area contributed by atoms with Gasteiger partial charge in [-0.2, -0.15) is 0 Å². The van der Waals surface area contributed by atoms with Crippen molar-refractivity contribution in [3.8, 4) is 0 Å². The van der Waals surface area contributed by atoms with Crippen LogP contribution in [-0.4, -0.2) is 33.9 Å². The molecule has 0 N–H and O–H groups in total. The first-order valence-electron chi connectivity index (χ1n) is 4.86. The van der Waals surface area contributed by atoms with Crippen LogP contribution in [0.3, 0.4) is 0 Å². The number of carbonyl (C=O) groups excluding carboxylic acids is 4. The van der Waals surface area contributed by atoms with Crippen LogP contribution in [0.2, 0.25) is 0 Å². The Morgan fingerprint density at radius 1 is 0.571 bits per heavy atom. The van der Waals surface area contributed by atoms with E-state index in [-0.39, 0.29) is 6.73 Å². The Morgan fingerprint density at radius 2 is 0.714 bits per heavy atom. The first kappa shape index (κ1) is 32.0. The summed E-state index contributed by atoms with van der Waals surface area (Å²) in [7, 11) is 0. The molecule has 0 bridgehead atoms. The molecule has 0 amide bonds. The monoisotopic (exact) mass is 385 g/mol. The van der Waals surface area contributed by atoms with Crippen molar-refractivity contribution in [2.75, 3.05) is 0 Å². The number of hydrogen-bond donors (Lipinski definition) is 0. The van der Waals surface area contributed by atoms with Crippen molar-refractivity contribution < 1.29 is 49.9 Å². The van der Waals surface area contributed by atoms with Crippen LogP contribution in [0.25, 0.3) is 0 Å². The van der Waals surface area contributed by atoms with Gasteiger partial charge < -0.3 is 0 Å². The molecule has 0 fully saturated rings. The fourth-order valence-electron chi connectivity index (χ4n) is 0.786. The number of hydrogen-bond acceptors (Lipinski definition) is 4. The van der Waals surface area contributed by atoms with E-state index < -0.39 is 0 Å². The van der Waals surface area contributed by atoms with Gasteiger partial charge in [-0.1, -0.05) is 48.6 Å². The van der Waals surface area contributed by atoms with Crippen molar-refractivity contribution in [1.29, 1.82) is 0 Å². The molecule has 2 aliphatic rings. The number of allylic oxidation sites excluding steroid dienone is 8. The molecule has 2 rings (SSSR count). The minimum atomic E-state index is 0.250. The molecule has 0 aliphatic heterocycles. The second kappa shape index (κ2) is 61.8. The Kier molecular flexibility index (Phi) is 94.2. The molecule has 0 heterocycles. The summed E-state index contributed by atoms with van der Waals surface area (Å²) in [6.45, 7) is 18.2. The van der Waals surface area contributed by atoms with Crippen molar-refractivity contribution >= 4 is 33.9 Å². The molecule has 9 radical (unpaired) electrons. The van der Waals surface area contributed by atoms with E-state index in [1.807, 2.05) is 0 Å². The van der Waals surface area contributed by atoms with Crippen molar-refractivity contribution in [2.45, 2.75) is 12.8 Å². The first-order valence-corrected chi connectivity index (χ1v) is 9.50. The van der Waals surface area contributed by atoms with Crippen molar-refractivity contribution in [3.63, 3.8) is 0 Å². The van der Waals surface area contributed by atoms with Gasteiger partial charge in [-0.15, -0.1) is 0 Å². The second-order valence-corrected chi connectivity index (χ2v) is 5.86. The van der Waals surface area contributed by atoms with E-state index in [9.17, 15) is 0 Å². The van der Waals surface area contributed by atoms with E-state index in [2.05, 4.69) is 107 Å². The first-order chi connectivity index (χ1) is 10.4. The van der Waals surface area contributed by atoms with Gasteiger partial charge in [-0.3, -0.25) is 19.2 Å². The molecule has 0 aromatic rings.